The molecule has 1 N–H and O–H groups in total. The summed E-state index contributed by atoms with van der Waals surface area (Å²) in [5.41, 5.74) is 2.20. The second-order valence-electron chi connectivity index (χ2n) is 5.55. The summed E-state index contributed by atoms with van der Waals surface area (Å²) in [5.74, 6) is 0.813. The highest BCUT2D eigenvalue weighted by Gasteiger charge is 2.19. The predicted molar refractivity (Wildman–Crippen MR) is 96.0 cm³/mol. The van der Waals surface area contributed by atoms with E-state index in [0.717, 1.165) is 16.2 Å². The van der Waals surface area contributed by atoms with Crippen molar-refractivity contribution < 1.29 is 9.53 Å². The van der Waals surface area contributed by atoms with E-state index in [1.807, 2.05) is 50.2 Å². The smallest absolute Gasteiger partial charge is 0.233 e. The Kier molecular flexibility index (Phi) is 6.11. The zero-order chi connectivity index (χ0) is 16.8. The molecule has 0 saturated carbocycles. The van der Waals surface area contributed by atoms with E-state index in [1.165, 1.54) is 5.56 Å². The fourth-order valence-electron chi connectivity index (χ4n) is 2.31. The normalized spacial score (nSPS) is 13.2. The van der Waals surface area contributed by atoms with Crippen LogP contribution in [0.15, 0.2) is 53.4 Å². The molecule has 0 aliphatic rings. The molecule has 2 atom stereocenters. The molecule has 3 nitrogen and oxygen atoms in total. The van der Waals surface area contributed by atoms with Crippen LogP contribution < -0.4 is 10.1 Å². The molecule has 0 aliphatic carbocycles. The van der Waals surface area contributed by atoms with Crippen LogP contribution in [0.4, 0.5) is 0 Å². The van der Waals surface area contributed by atoms with Crippen LogP contribution in [-0.2, 0) is 4.79 Å². The average molecular weight is 329 g/mol. The molecular formula is C19H23NO2S. The Labute approximate surface area is 142 Å². The van der Waals surface area contributed by atoms with Gasteiger partial charge in [0.05, 0.1) is 18.4 Å². The maximum atomic E-state index is 12.4. The minimum absolute atomic E-state index is 0.0222. The summed E-state index contributed by atoms with van der Waals surface area (Å²) in [6.07, 6.45) is 0. The van der Waals surface area contributed by atoms with E-state index in [4.69, 9.17) is 4.74 Å². The number of hydrogen-bond donors (Lipinski definition) is 1. The topological polar surface area (TPSA) is 38.3 Å². The lowest BCUT2D eigenvalue weighted by molar-refractivity contribution is -0.120. The molecule has 0 saturated heterocycles. The number of hydrogen-bond acceptors (Lipinski definition) is 3. The van der Waals surface area contributed by atoms with Crippen molar-refractivity contribution in [2.75, 3.05) is 7.11 Å². The number of methoxy groups -OCH3 is 1. The molecule has 0 aliphatic heterocycles. The van der Waals surface area contributed by atoms with Crippen LogP contribution in [0.2, 0.25) is 0 Å². The molecule has 0 unspecified atom stereocenters. The van der Waals surface area contributed by atoms with Gasteiger partial charge in [0.1, 0.15) is 5.75 Å². The second kappa shape index (κ2) is 8.06. The number of ether oxygens (including phenoxy) is 1. The number of para-hydroxylation sites is 1. The number of rotatable bonds is 6. The third-order valence-corrected chi connectivity index (χ3v) is 4.78. The zero-order valence-electron chi connectivity index (χ0n) is 14.0. The van der Waals surface area contributed by atoms with Crippen LogP contribution in [0.3, 0.4) is 0 Å². The number of benzene rings is 2. The molecule has 2 rings (SSSR count). The van der Waals surface area contributed by atoms with E-state index in [1.54, 1.807) is 18.9 Å². The van der Waals surface area contributed by atoms with E-state index < -0.39 is 0 Å². The number of carbonyl (C=O) groups excluding carboxylic acids is 1. The zero-order valence-corrected chi connectivity index (χ0v) is 14.8. The Hall–Kier alpha value is -1.94. The van der Waals surface area contributed by atoms with Crippen molar-refractivity contribution in [2.45, 2.75) is 37.0 Å². The van der Waals surface area contributed by atoms with Gasteiger partial charge in [-0.2, -0.15) is 0 Å². The van der Waals surface area contributed by atoms with E-state index in [2.05, 4.69) is 24.4 Å². The van der Waals surface area contributed by atoms with Crippen LogP contribution in [0.1, 0.15) is 31.0 Å². The molecule has 2 aromatic rings. The lowest BCUT2D eigenvalue weighted by Crippen LogP contribution is -2.33. The Morgan fingerprint density at radius 2 is 1.74 bits per heavy atom. The Bertz CT molecular complexity index is 655. The Morgan fingerprint density at radius 1 is 1.09 bits per heavy atom. The highest BCUT2D eigenvalue weighted by Crippen LogP contribution is 2.27. The quantitative estimate of drug-likeness (QED) is 0.800. The second-order valence-corrected chi connectivity index (χ2v) is 6.96. The lowest BCUT2D eigenvalue weighted by atomic mass is 10.1. The number of nitrogens with one attached hydrogen (secondary N) is 1. The van der Waals surface area contributed by atoms with Gasteiger partial charge in [-0.25, -0.2) is 0 Å². The summed E-state index contributed by atoms with van der Waals surface area (Å²) in [7, 11) is 1.64. The summed E-state index contributed by atoms with van der Waals surface area (Å²) in [5, 5.41) is 2.90. The van der Waals surface area contributed by atoms with Gasteiger partial charge in [-0.1, -0.05) is 35.9 Å². The van der Waals surface area contributed by atoms with E-state index in [9.17, 15) is 4.79 Å². The highest BCUT2D eigenvalue weighted by atomic mass is 32.2. The van der Waals surface area contributed by atoms with Gasteiger partial charge in [-0.3, -0.25) is 4.79 Å². The molecule has 0 radical (unpaired) electrons. The van der Waals surface area contributed by atoms with Crippen molar-refractivity contribution in [3.05, 3.63) is 59.7 Å². The molecule has 122 valence electrons. The predicted octanol–water partition coefficient (Wildman–Crippen LogP) is 4.36. The van der Waals surface area contributed by atoms with Crippen LogP contribution in [-0.4, -0.2) is 18.3 Å². The van der Waals surface area contributed by atoms with Gasteiger partial charge in [0.2, 0.25) is 5.91 Å². The first kappa shape index (κ1) is 17.4. The molecular weight excluding hydrogens is 306 g/mol. The molecule has 0 fully saturated rings. The van der Waals surface area contributed by atoms with Gasteiger partial charge >= 0.3 is 0 Å². The summed E-state index contributed by atoms with van der Waals surface area (Å²) in [6.45, 7) is 5.95. The summed E-state index contributed by atoms with van der Waals surface area (Å²) >= 11 is 1.56. The first-order valence-corrected chi connectivity index (χ1v) is 8.56. The van der Waals surface area contributed by atoms with Gasteiger partial charge in [-0.15, -0.1) is 11.8 Å². The fraction of sp³-hybridized carbons (Fsp3) is 0.316. The van der Waals surface area contributed by atoms with Crippen molar-refractivity contribution in [3.8, 4) is 5.75 Å². The molecule has 23 heavy (non-hydrogen) atoms. The third-order valence-electron chi connectivity index (χ3n) is 3.67. The number of thioether (sulfide) groups is 1. The fourth-order valence-corrected chi connectivity index (χ4v) is 3.18. The molecule has 2 aromatic carbocycles. The SMILES string of the molecule is COc1ccccc1[C@@H](C)NC(=O)[C@H](C)Sc1ccc(C)cc1. The number of carbonyl (C=O) groups is 1. The van der Waals surface area contributed by atoms with Gasteiger partial charge in [0.15, 0.2) is 0 Å². The van der Waals surface area contributed by atoms with Crippen molar-refractivity contribution in [3.63, 3.8) is 0 Å². The standard InChI is InChI=1S/C19H23NO2S/c1-13-9-11-16(12-10-13)23-15(3)19(21)20-14(2)17-7-5-6-8-18(17)22-4/h5-12,14-15H,1-4H3,(H,20,21)/t14-,15+/m1/s1. The van der Waals surface area contributed by atoms with Crippen LogP contribution in [0.25, 0.3) is 0 Å². The van der Waals surface area contributed by atoms with Gasteiger partial charge in [0, 0.05) is 10.5 Å². The van der Waals surface area contributed by atoms with E-state index in [-0.39, 0.29) is 17.2 Å². The summed E-state index contributed by atoms with van der Waals surface area (Å²) < 4.78 is 5.36. The molecule has 0 bridgehead atoms. The van der Waals surface area contributed by atoms with Crippen LogP contribution in [0, 0.1) is 6.92 Å². The molecule has 0 heterocycles. The minimum Gasteiger partial charge on any atom is -0.496 e. The van der Waals surface area contributed by atoms with Gasteiger partial charge < -0.3 is 10.1 Å². The van der Waals surface area contributed by atoms with Gasteiger partial charge in [0.25, 0.3) is 0 Å². The number of amides is 1. The summed E-state index contributed by atoms with van der Waals surface area (Å²) in [4.78, 5) is 13.5. The Balaban J connectivity index is 1.98. The highest BCUT2D eigenvalue weighted by molar-refractivity contribution is 8.00. The average Bonchev–Trinajstić information content (AvgIpc) is 2.56. The van der Waals surface area contributed by atoms with Crippen LogP contribution in [0.5, 0.6) is 5.75 Å². The molecule has 1 amide bonds. The largest absolute Gasteiger partial charge is 0.496 e. The molecule has 4 heteroatoms. The van der Waals surface area contributed by atoms with Crippen molar-refractivity contribution >= 4 is 17.7 Å². The van der Waals surface area contributed by atoms with E-state index in [0.29, 0.717) is 0 Å². The lowest BCUT2D eigenvalue weighted by Gasteiger charge is -2.19. The number of aryl methyl sites for hydroxylation is 1. The first-order valence-electron chi connectivity index (χ1n) is 7.68. The Morgan fingerprint density at radius 3 is 2.39 bits per heavy atom. The van der Waals surface area contributed by atoms with Crippen LogP contribution >= 0.6 is 11.8 Å². The monoisotopic (exact) mass is 329 g/mol. The maximum Gasteiger partial charge on any atom is 0.233 e. The van der Waals surface area contributed by atoms with E-state index >= 15 is 0 Å². The third kappa shape index (κ3) is 4.76. The molecule has 0 spiro atoms. The van der Waals surface area contributed by atoms with Crippen molar-refractivity contribution in [1.82, 2.24) is 5.32 Å². The first-order chi connectivity index (χ1) is 11.0. The van der Waals surface area contributed by atoms with Gasteiger partial charge in [-0.05, 0) is 39.0 Å². The maximum absolute atomic E-state index is 12.4. The molecule has 0 aromatic heterocycles. The minimum atomic E-state index is -0.158. The van der Waals surface area contributed by atoms with Crippen molar-refractivity contribution in [1.29, 1.82) is 0 Å². The van der Waals surface area contributed by atoms with Crippen molar-refractivity contribution in [2.24, 2.45) is 0 Å². The summed E-state index contributed by atoms with van der Waals surface area (Å²) in [6, 6.07) is 15.9.